The highest BCUT2D eigenvalue weighted by atomic mass is 16.5. The highest BCUT2D eigenvalue weighted by Crippen LogP contribution is 2.01. The summed E-state index contributed by atoms with van der Waals surface area (Å²) in [5.74, 6) is -0.112. The van der Waals surface area contributed by atoms with Crippen molar-refractivity contribution in [3.05, 3.63) is 0 Å². The Morgan fingerprint density at radius 2 is 2.54 bits per heavy atom. The smallest absolute Gasteiger partial charge is 0.233 e. The molecule has 0 saturated carbocycles. The first-order valence-corrected chi connectivity index (χ1v) is 4.48. The van der Waals surface area contributed by atoms with Crippen molar-refractivity contribution in [2.45, 2.75) is 6.04 Å². The first-order chi connectivity index (χ1) is 6.24. The molecular formula is C8H17N3O2. The topological polar surface area (TPSA) is 67.6 Å². The molecule has 1 heterocycles. The minimum absolute atomic E-state index is 0.0529. The lowest BCUT2D eigenvalue weighted by Gasteiger charge is -2.32. The second-order valence-electron chi connectivity index (χ2n) is 3.22. The quantitative estimate of drug-likeness (QED) is 0.558. The maximum Gasteiger partial charge on any atom is 0.233 e. The fraction of sp³-hybridized carbons (Fsp3) is 0.875. The number of carbonyl (C=O) groups is 1. The number of ether oxygens (including phenoxy) is 1. The molecule has 0 aromatic rings. The zero-order chi connectivity index (χ0) is 9.68. The standard InChI is InChI=1S/C8H17N3O2/c1-11-2-3-13-6-7(11)5-10-8(12)4-9/h7H,2-6,9H2,1H3,(H,10,12). The number of nitrogens with zero attached hydrogens (tertiary/aromatic N) is 1. The molecule has 0 radical (unpaired) electrons. The van der Waals surface area contributed by atoms with Crippen LogP contribution in [0.2, 0.25) is 0 Å². The van der Waals surface area contributed by atoms with Crippen molar-refractivity contribution in [2.75, 3.05) is 39.9 Å². The van der Waals surface area contributed by atoms with Crippen molar-refractivity contribution in [1.29, 1.82) is 0 Å². The van der Waals surface area contributed by atoms with E-state index in [0.29, 0.717) is 13.2 Å². The third-order valence-corrected chi connectivity index (χ3v) is 2.24. The van der Waals surface area contributed by atoms with Gasteiger partial charge in [0.25, 0.3) is 0 Å². The molecule has 1 atom stereocenters. The van der Waals surface area contributed by atoms with E-state index in [2.05, 4.69) is 10.2 Å². The molecule has 0 spiro atoms. The van der Waals surface area contributed by atoms with Crippen LogP contribution in [0.1, 0.15) is 0 Å². The summed E-state index contributed by atoms with van der Waals surface area (Å²) in [4.78, 5) is 13.0. The monoisotopic (exact) mass is 187 g/mol. The summed E-state index contributed by atoms with van der Waals surface area (Å²) in [6.45, 7) is 3.05. The molecular weight excluding hydrogens is 170 g/mol. The molecule has 5 heteroatoms. The van der Waals surface area contributed by atoms with E-state index in [1.165, 1.54) is 0 Å². The van der Waals surface area contributed by atoms with E-state index in [-0.39, 0.29) is 18.5 Å². The van der Waals surface area contributed by atoms with Crippen LogP contribution >= 0.6 is 0 Å². The molecule has 76 valence electrons. The normalized spacial score (nSPS) is 24.3. The Kier molecular flexibility index (Phi) is 4.14. The SMILES string of the molecule is CN1CCOCC1CNC(=O)CN. The molecule has 1 aliphatic heterocycles. The highest BCUT2D eigenvalue weighted by molar-refractivity contribution is 5.77. The number of rotatable bonds is 3. The summed E-state index contributed by atoms with van der Waals surface area (Å²) >= 11 is 0. The van der Waals surface area contributed by atoms with E-state index in [4.69, 9.17) is 10.5 Å². The molecule has 3 N–H and O–H groups in total. The first kappa shape index (κ1) is 10.4. The summed E-state index contributed by atoms with van der Waals surface area (Å²) in [6, 6.07) is 0.282. The number of hydrogen-bond acceptors (Lipinski definition) is 4. The van der Waals surface area contributed by atoms with Gasteiger partial charge in [-0.25, -0.2) is 0 Å². The van der Waals surface area contributed by atoms with Gasteiger partial charge >= 0.3 is 0 Å². The second kappa shape index (κ2) is 5.16. The van der Waals surface area contributed by atoms with Gasteiger partial charge in [-0.05, 0) is 7.05 Å². The number of hydrogen-bond donors (Lipinski definition) is 2. The van der Waals surface area contributed by atoms with Crippen molar-refractivity contribution in [3.63, 3.8) is 0 Å². The Morgan fingerprint density at radius 1 is 1.77 bits per heavy atom. The van der Waals surface area contributed by atoms with Crippen LogP contribution in [0.5, 0.6) is 0 Å². The number of morpholine rings is 1. The largest absolute Gasteiger partial charge is 0.378 e. The van der Waals surface area contributed by atoms with Crippen LogP contribution in [0.25, 0.3) is 0 Å². The average Bonchev–Trinajstić information content (AvgIpc) is 2.16. The Morgan fingerprint density at radius 3 is 3.15 bits per heavy atom. The summed E-state index contributed by atoms with van der Waals surface area (Å²) in [6.07, 6.45) is 0. The number of nitrogens with one attached hydrogen (secondary N) is 1. The van der Waals surface area contributed by atoms with E-state index < -0.39 is 0 Å². The van der Waals surface area contributed by atoms with Crippen LogP contribution in [0.4, 0.5) is 0 Å². The third kappa shape index (κ3) is 3.30. The van der Waals surface area contributed by atoms with Gasteiger partial charge in [0.1, 0.15) is 0 Å². The van der Waals surface area contributed by atoms with Crippen molar-refractivity contribution in [3.8, 4) is 0 Å². The van der Waals surface area contributed by atoms with E-state index in [9.17, 15) is 4.79 Å². The van der Waals surface area contributed by atoms with Crippen LogP contribution in [0, 0.1) is 0 Å². The maximum atomic E-state index is 10.9. The molecule has 0 aliphatic carbocycles. The van der Waals surface area contributed by atoms with Gasteiger partial charge < -0.3 is 15.8 Å². The molecule has 0 aromatic heterocycles. The van der Waals surface area contributed by atoms with E-state index in [0.717, 1.165) is 13.2 Å². The van der Waals surface area contributed by atoms with Crippen LogP contribution in [0.3, 0.4) is 0 Å². The fourth-order valence-corrected chi connectivity index (χ4v) is 1.26. The number of carbonyl (C=O) groups excluding carboxylic acids is 1. The zero-order valence-electron chi connectivity index (χ0n) is 7.95. The van der Waals surface area contributed by atoms with Crippen molar-refractivity contribution >= 4 is 5.91 Å². The molecule has 0 bridgehead atoms. The minimum atomic E-state index is -0.112. The second-order valence-corrected chi connectivity index (χ2v) is 3.22. The molecule has 1 fully saturated rings. The number of likely N-dealkylation sites (N-methyl/N-ethyl adjacent to an activating group) is 1. The lowest BCUT2D eigenvalue weighted by molar-refractivity contribution is -0.120. The van der Waals surface area contributed by atoms with Gasteiger partial charge in [0, 0.05) is 13.1 Å². The molecule has 5 nitrogen and oxygen atoms in total. The Hall–Kier alpha value is -0.650. The van der Waals surface area contributed by atoms with Gasteiger partial charge in [0.15, 0.2) is 0 Å². The third-order valence-electron chi connectivity index (χ3n) is 2.24. The molecule has 0 aromatic carbocycles. The molecule has 1 rings (SSSR count). The summed E-state index contributed by atoms with van der Waals surface area (Å²) in [7, 11) is 2.03. The van der Waals surface area contributed by atoms with Gasteiger partial charge in [-0.3, -0.25) is 9.69 Å². The van der Waals surface area contributed by atoms with Crippen LogP contribution in [0.15, 0.2) is 0 Å². The minimum Gasteiger partial charge on any atom is -0.378 e. The zero-order valence-corrected chi connectivity index (χ0v) is 7.95. The van der Waals surface area contributed by atoms with Crippen molar-refractivity contribution < 1.29 is 9.53 Å². The number of nitrogens with two attached hydrogens (primary N) is 1. The Bertz CT molecular complexity index is 175. The summed E-state index contributed by atoms with van der Waals surface area (Å²) in [5, 5.41) is 2.75. The fourth-order valence-electron chi connectivity index (χ4n) is 1.26. The van der Waals surface area contributed by atoms with Gasteiger partial charge in [-0.2, -0.15) is 0 Å². The molecule has 1 unspecified atom stereocenters. The van der Waals surface area contributed by atoms with Gasteiger partial charge in [-0.15, -0.1) is 0 Å². The Labute approximate surface area is 78.2 Å². The lowest BCUT2D eigenvalue weighted by atomic mass is 10.2. The summed E-state index contributed by atoms with van der Waals surface area (Å²) < 4.78 is 5.29. The van der Waals surface area contributed by atoms with Crippen LogP contribution < -0.4 is 11.1 Å². The first-order valence-electron chi connectivity index (χ1n) is 4.48. The van der Waals surface area contributed by atoms with Gasteiger partial charge in [0.2, 0.25) is 5.91 Å². The van der Waals surface area contributed by atoms with Crippen LogP contribution in [-0.2, 0) is 9.53 Å². The highest BCUT2D eigenvalue weighted by Gasteiger charge is 2.19. The van der Waals surface area contributed by atoms with E-state index in [1.54, 1.807) is 0 Å². The Balaban J connectivity index is 2.22. The predicted molar refractivity (Wildman–Crippen MR) is 49.3 cm³/mol. The molecule has 1 amide bonds. The van der Waals surface area contributed by atoms with Gasteiger partial charge in [0.05, 0.1) is 25.8 Å². The molecule has 1 aliphatic rings. The lowest BCUT2D eigenvalue weighted by Crippen LogP contribution is -2.49. The predicted octanol–water partition coefficient (Wildman–Crippen LogP) is -1.61. The molecule has 13 heavy (non-hydrogen) atoms. The van der Waals surface area contributed by atoms with E-state index >= 15 is 0 Å². The van der Waals surface area contributed by atoms with Crippen molar-refractivity contribution in [2.24, 2.45) is 5.73 Å². The van der Waals surface area contributed by atoms with E-state index in [1.807, 2.05) is 7.05 Å². The van der Waals surface area contributed by atoms with Gasteiger partial charge in [-0.1, -0.05) is 0 Å². The van der Waals surface area contributed by atoms with Crippen LogP contribution in [-0.4, -0.2) is 56.7 Å². The number of amides is 1. The average molecular weight is 187 g/mol. The molecule has 1 saturated heterocycles. The summed E-state index contributed by atoms with van der Waals surface area (Å²) in [5.41, 5.74) is 5.17. The van der Waals surface area contributed by atoms with Crippen molar-refractivity contribution in [1.82, 2.24) is 10.2 Å². The maximum absolute atomic E-state index is 10.9.